The molecule has 6 nitrogen and oxygen atoms in total. The van der Waals surface area contributed by atoms with E-state index in [-0.39, 0.29) is 11.8 Å². The third-order valence-corrected chi connectivity index (χ3v) is 3.81. The van der Waals surface area contributed by atoms with E-state index in [2.05, 4.69) is 10.6 Å². The highest BCUT2D eigenvalue weighted by atomic mass is 16.4. The number of benzene rings is 1. The Bertz CT molecular complexity index is 553. The van der Waals surface area contributed by atoms with Gasteiger partial charge in [-0.05, 0) is 37.1 Å². The van der Waals surface area contributed by atoms with Crippen LogP contribution in [0.5, 0.6) is 0 Å². The maximum atomic E-state index is 12.2. The number of carboxylic acids is 1. The molecule has 0 aromatic heterocycles. The second kappa shape index (κ2) is 6.39. The molecule has 2 amide bonds. The van der Waals surface area contributed by atoms with Crippen LogP contribution in [0, 0.1) is 11.8 Å². The smallest absolute Gasteiger partial charge is 0.307 e. The Kier molecular flexibility index (Phi) is 4.57. The van der Waals surface area contributed by atoms with E-state index in [1.54, 1.807) is 31.3 Å². The number of aliphatic carboxylic acids is 1. The molecule has 0 bridgehead atoms. The van der Waals surface area contributed by atoms with E-state index >= 15 is 0 Å². The van der Waals surface area contributed by atoms with Crippen molar-refractivity contribution in [3.05, 3.63) is 29.8 Å². The first-order chi connectivity index (χ1) is 10.0. The van der Waals surface area contributed by atoms with E-state index in [1.807, 2.05) is 0 Å². The fourth-order valence-corrected chi connectivity index (χ4v) is 2.65. The topological polar surface area (TPSA) is 95.5 Å². The fraction of sp³-hybridized carbons (Fsp3) is 0.400. The minimum Gasteiger partial charge on any atom is -0.481 e. The maximum Gasteiger partial charge on any atom is 0.307 e. The molecule has 0 spiro atoms. The van der Waals surface area contributed by atoms with Crippen LogP contribution in [0.4, 0.5) is 5.69 Å². The molecular formula is C15H18N2O4. The van der Waals surface area contributed by atoms with Crippen molar-refractivity contribution in [1.82, 2.24) is 5.32 Å². The van der Waals surface area contributed by atoms with E-state index in [4.69, 9.17) is 5.11 Å². The molecule has 1 aliphatic carbocycles. The quantitative estimate of drug-likeness (QED) is 0.782. The Morgan fingerprint density at radius 3 is 2.29 bits per heavy atom. The predicted molar refractivity (Wildman–Crippen MR) is 76.9 cm³/mol. The molecule has 0 unspecified atom stereocenters. The zero-order valence-electron chi connectivity index (χ0n) is 11.8. The Labute approximate surface area is 122 Å². The van der Waals surface area contributed by atoms with Crippen LogP contribution in [0.25, 0.3) is 0 Å². The van der Waals surface area contributed by atoms with Gasteiger partial charge in [0.2, 0.25) is 5.91 Å². The van der Waals surface area contributed by atoms with Crippen molar-refractivity contribution in [3.8, 4) is 0 Å². The van der Waals surface area contributed by atoms with Crippen molar-refractivity contribution >= 4 is 23.5 Å². The number of hydrogen-bond acceptors (Lipinski definition) is 3. The summed E-state index contributed by atoms with van der Waals surface area (Å²) in [6, 6.07) is 6.48. The van der Waals surface area contributed by atoms with Gasteiger partial charge < -0.3 is 15.7 Å². The second-order valence-electron chi connectivity index (χ2n) is 5.13. The third kappa shape index (κ3) is 3.39. The second-order valence-corrected chi connectivity index (χ2v) is 5.13. The number of rotatable bonds is 4. The number of carboxylic acid groups (broad SMARTS) is 1. The lowest BCUT2D eigenvalue weighted by molar-refractivity contribution is -0.145. The van der Waals surface area contributed by atoms with Gasteiger partial charge in [-0.25, -0.2) is 0 Å². The molecule has 0 saturated heterocycles. The number of carbonyl (C=O) groups is 3. The van der Waals surface area contributed by atoms with Crippen LogP contribution < -0.4 is 10.6 Å². The van der Waals surface area contributed by atoms with Gasteiger partial charge in [0, 0.05) is 18.3 Å². The zero-order valence-corrected chi connectivity index (χ0v) is 11.8. The van der Waals surface area contributed by atoms with Gasteiger partial charge in [-0.3, -0.25) is 14.4 Å². The lowest BCUT2D eigenvalue weighted by Gasteiger charge is -2.15. The molecule has 2 atom stereocenters. The monoisotopic (exact) mass is 290 g/mol. The van der Waals surface area contributed by atoms with E-state index in [0.29, 0.717) is 24.1 Å². The molecule has 0 radical (unpaired) electrons. The predicted octanol–water partition coefficient (Wildman–Crippen LogP) is 1.49. The van der Waals surface area contributed by atoms with Gasteiger partial charge in [0.05, 0.1) is 11.8 Å². The summed E-state index contributed by atoms with van der Waals surface area (Å²) in [4.78, 5) is 34.7. The Hall–Kier alpha value is -2.37. The van der Waals surface area contributed by atoms with Crippen molar-refractivity contribution in [2.24, 2.45) is 11.8 Å². The van der Waals surface area contributed by atoms with Crippen molar-refractivity contribution < 1.29 is 19.5 Å². The molecule has 2 rings (SSSR count). The summed E-state index contributed by atoms with van der Waals surface area (Å²) in [6.45, 7) is 0. The first kappa shape index (κ1) is 15.0. The molecule has 6 heteroatoms. The molecule has 21 heavy (non-hydrogen) atoms. The van der Waals surface area contributed by atoms with Gasteiger partial charge in [0.25, 0.3) is 5.91 Å². The van der Waals surface area contributed by atoms with Crippen molar-refractivity contribution in [2.45, 2.75) is 19.3 Å². The van der Waals surface area contributed by atoms with Crippen LogP contribution >= 0.6 is 0 Å². The van der Waals surface area contributed by atoms with Crippen LogP contribution in [0.2, 0.25) is 0 Å². The summed E-state index contributed by atoms with van der Waals surface area (Å²) in [5.74, 6) is -2.47. The van der Waals surface area contributed by atoms with Crippen molar-refractivity contribution in [2.75, 3.05) is 12.4 Å². The van der Waals surface area contributed by atoms with Crippen LogP contribution in [-0.4, -0.2) is 29.9 Å². The Balaban J connectivity index is 2.02. The average Bonchev–Trinajstić information content (AvgIpc) is 2.97. The zero-order chi connectivity index (χ0) is 15.4. The molecule has 0 heterocycles. The summed E-state index contributed by atoms with van der Waals surface area (Å²) in [5.41, 5.74) is 1.06. The first-order valence-electron chi connectivity index (χ1n) is 6.88. The molecule has 112 valence electrons. The highest BCUT2D eigenvalue weighted by Gasteiger charge is 2.37. The van der Waals surface area contributed by atoms with Crippen molar-refractivity contribution in [3.63, 3.8) is 0 Å². The average molecular weight is 290 g/mol. The highest BCUT2D eigenvalue weighted by Crippen LogP contribution is 2.32. The molecular weight excluding hydrogens is 272 g/mol. The van der Waals surface area contributed by atoms with Gasteiger partial charge in [-0.2, -0.15) is 0 Å². The minimum absolute atomic E-state index is 0.199. The normalized spacial score (nSPS) is 20.8. The Morgan fingerprint density at radius 2 is 1.71 bits per heavy atom. The van der Waals surface area contributed by atoms with E-state index in [1.165, 1.54) is 0 Å². The Morgan fingerprint density at radius 1 is 1.10 bits per heavy atom. The summed E-state index contributed by atoms with van der Waals surface area (Å²) in [6.07, 6.45) is 1.90. The maximum absolute atomic E-state index is 12.2. The van der Waals surface area contributed by atoms with Gasteiger partial charge in [0.15, 0.2) is 0 Å². The van der Waals surface area contributed by atoms with E-state index in [0.717, 1.165) is 6.42 Å². The number of nitrogens with one attached hydrogen (secondary N) is 2. The molecule has 1 aromatic rings. The molecule has 0 aliphatic heterocycles. The van der Waals surface area contributed by atoms with Gasteiger partial charge in [-0.1, -0.05) is 6.42 Å². The lowest BCUT2D eigenvalue weighted by atomic mass is 9.95. The molecule has 1 saturated carbocycles. The van der Waals surface area contributed by atoms with Crippen LogP contribution in [0.3, 0.4) is 0 Å². The standard InChI is InChI=1S/C15H18N2O4/c1-16-13(18)9-5-7-10(8-6-9)17-14(19)11-3-2-4-12(11)15(20)21/h5-8,11-12H,2-4H2,1H3,(H,16,18)(H,17,19)(H,20,21)/t11-,12+/m1/s1. The minimum atomic E-state index is -0.914. The number of hydrogen-bond donors (Lipinski definition) is 3. The van der Waals surface area contributed by atoms with Crippen LogP contribution in [-0.2, 0) is 9.59 Å². The SMILES string of the molecule is CNC(=O)c1ccc(NC(=O)[C@@H]2CCC[C@@H]2C(=O)O)cc1. The highest BCUT2D eigenvalue weighted by molar-refractivity contribution is 5.97. The van der Waals surface area contributed by atoms with Crippen LogP contribution in [0.1, 0.15) is 29.6 Å². The van der Waals surface area contributed by atoms with E-state index < -0.39 is 17.8 Å². The number of anilines is 1. The largest absolute Gasteiger partial charge is 0.481 e. The summed E-state index contributed by atoms with van der Waals surface area (Å²) in [7, 11) is 1.55. The first-order valence-corrected chi connectivity index (χ1v) is 6.88. The molecule has 3 N–H and O–H groups in total. The molecule has 1 aromatic carbocycles. The summed E-state index contributed by atoms with van der Waals surface area (Å²) in [5, 5.41) is 14.3. The van der Waals surface area contributed by atoms with E-state index in [9.17, 15) is 14.4 Å². The third-order valence-electron chi connectivity index (χ3n) is 3.81. The number of carbonyl (C=O) groups excluding carboxylic acids is 2. The lowest BCUT2D eigenvalue weighted by Crippen LogP contribution is -2.30. The van der Waals surface area contributed by atoms with Gasteiger partial charge >= 0.3 is 5.97 Å². The molecule has 1 fully saturated rings. The van der Waals surface area contributed by atoms with Gasteiger partial charge in [-0.15, -0.1) is 0 Å². The fourth-order valence-electron chi connectivity index (χ4n) is 2.65. The number of amides is 2. The van der Waals surface area contributed by atoms with Crippen molar-refractivity contribution in [1.29, 1.82) is 0 Å². The summed E-state index contributed by atoms with van der Waals surface area (Å²) < 4.78 is 0. The van der Waals surface area contributed by atoms with Crippen LogP contribution in [0.15, 0.2) is 24.3 Å². The van der Waals surface area contributed by atoms with Gasteiger partial charge in [0.1, 0.15) is 0 Å². The summed E-state index contributed by atoms with van der Waals surface area (Å²) >= 11 is 0. The molecule has 1 aliphatic rings.